The van der Waals surface area contributed by atoms with Crippen molar-refractivity contribution in [3.63, 3.8) is 0 Å². The summed E-state index contributed by atoms with van der Waals surface area (Å²) in [5.41, 5.74) is -0.549. The molecule has 0 aliphatic rings. The van der Waals surface area contributed by atoms with Gasteiger partial charge in [0.15, 0.2) is 5.78 Å². The Morgan fingerprint density at radius 2 is 1.95 bits per heavy atom. The van der Waals surface area contributed by atoms with Gasteiger partial charge >= 0.3 is 0 Å². The SMILES string of the molecule is CC(C)(C)C(=O)C(C#N)=C(O)c1ccccc1NC=O. The molecule has 0 unspecified atom stereocenters. The molecule has 0 fully saturated rings. The summed E-state index contributed by atoms with van der Waals surface area (Å²) in [5, 5.41) is 21.8. The fraction of sp³-hybridized carbons (Fsp3) is 0.267. The highest BCUT2D eigenvalue weighted by atomic mass is 16.3. The summed E-state index contributed by atoms with van der Waals surface area (Å²) in [6.07, 6.45) is 0.462. The highest BCUT2D eigenvalue weighted by molar-refractivity contribution is 6.08. The van der Waals surface area contributed by atoms with Crippen LogP contribution in [0.5, 0.6) is 0 Å². The number of anilines is 1. The Kier molecular flexibility index (Phi) is 4.65. The standard InChI is InChI=1S/C15H16N2O3/c1-15(2,3)14(20)11(8-16)13(19)10-6-4-5-7-12(10)17-9-18/h4-7,9,19H,1-3H3,(H,17,18). The van der Waals surface area contributed by atoms with Crippen LogP contribution < -0.4 is 5.32 Å². The number of aliphatic hydroxyl groups excluding tert-OH is 1. The zero-order valence-electron chi connectivity index (χ0n) is 11.6. The average molecular weight is 272 g/mol. The Labute approximate surface area is 117 Å². The third-order valence-corrected chi connectivity index (χ3v) is 2.65. The van der Waals surface area contributed by atoms with Gasteiger partial charge < -0.3 is 10.4 Å². The monoisotopic (exact) mass is 272 g/mol. The third-order valence-electron chi connectivity index (χ3n) is 2.65. The number of para-hydroxylation sites is 1. The molecule has 0 aliphatic heterocycles. The van der Waals surface area contributed by atoms with Crippen molar-refractivity contribution in [3.05, 3.63) is 35.4 Å². The lowest BCUT2D eigenvalue weighted by Gasteiger charge is -2.17. The van der Waals surface area contributed by atoms with Crippen LogP contribution in [0.25, 0.3) is 5.76 Å². The number of nitriles is 1. The molecule has 0 atom stereocenters. The van der Waals surface area contributed by atoms with E-state index in [9.17, 15) is 14.7 Å². The fourth-order valence-corrected chi connectivity index (χ4v) is 1.60. The van der Waals surface area contributed by atoms with Gasteiger partial charge in [-0.25, -0.2) is 0 Å². The smallest absolute Gasteiger partial charge is 0.211 e. The van der Waals surface area contributed by atoms with Crippen LogP contribution in [-0.4, -0.2) is 17.3 Å². The number of allylic oxidation sites excluding steroid dienone is 1. The second-order valence-corrected chi connectivity index (χ2v) is 5.22. The van der Waals surface area contributed by atoms with E-state index in [4.69, 9.17) is 5.26 Å². The number of hydrogen-bond donors (Lipinski definition) is 2. The first-order chi connectivity index (χ1) is 9.32. The van der Waals surface area contributed by atoms with Gasteiger partial charge in [-0.3, -0.25) is 9.59 Å². The van der Waals surface area contributed by atoms with Gasteiger partial charge in [-0.2, -0.15) is 5.26 Å². The molecule has 5 heteroatoms. The summed E-state index contributed by atoms with van der Waals surface area (Å²) >= 11 is 0. The van der Waals surface area contributed by atoms with Gasteiger partial charge in [-0.1, -0.05) is 32.9 Å². The second kappa shape index (κ2) is 6.02. The van der Waals surface area contributed by atoms with Crippen LogP contribution in [0.2, 0.25) is 0 Å². The van der Waals surface area contributed by atoms with Gasteiger partial charge in [-0.15, -0.1) is 0 Å². The maximum Gasteiger partial charge on any atom is 0.211 e. The number of amides is 1. The number of rotatable bonds is 4. The summed E-state index contributed by atoms with van der Waals surface area (Å²) in [5.74, 6) is -0.893. The minimum atomic E-state index is -0.786. The highest BCUT2D eigenvalue weighted by Crippen LogP contribution is 2.28. The molecule has 1 rings (SSSR count). The van der Waals surface area contributed by atoms with Crippen molar-refractivity contribution in [2.75, 3.05) is 5.32 Å². The number of Topliss-reactive ketones (excluding diaryl/α,β-unsaturated/α-hetero) is 1. The van der Waals surface area contributed by atoms with E-state index in [0.29, 0.717) is 12.1 Å². The Hall–Kier alpha value is -2.61. The molecular formula is C15H16N2O3. The van der Waals surface area contributed by atoms with Crippen molar-refractivity contribution < 1.29 is 14.7 Å². The summed E-state index contributed by atoms with van der Waals surface area (Å²) in [7, 11) is 0. The highest BCUT2D eigenvalue weighted by Gasteiger charge is 2.28. The van der Waals surface area contributed by atoms with Crippen molar-refractivity contribution in [3.8, 4) is 6.07 Å². The van der Waals surface area contributed by atoms with Gasteiger partial charge in [0.05, 0.1) is 5.69 Å². The number of nitrogens with zero attached hydrogens (tertiary/aromatic N) is 1. The Bertz CT molecular complexity index is 604. The van der Waals surface area contributed by atoms with Gasteiger partial charge in [0.2, 0.25) is 6.41 Å². The molecule has 104 valence electrons. The molecule has 0 aliphatic carbocycles. The number of nitrogens with one attached hydrogen (secondary N) is 1. The predicted octanol–water partition coefficient (Wildman–Crippen LogP) is 2.66. The summed E-state index contributed by atoms with van der Waals surface area (Å²) in [6, 6.07) is 8.13. The van der Waals surface area contributed by atoms with Crippen molar-refractivity contribution in [1.29, 1.82) is 5.26 Å². The molecule has 20 heavy (non-hydrogen) atoms. The maximum atomic E-state index is 12.1. The van der Waals surface area contributed by atoms with Crippen molar-refractivity contribution in [1.82, 2.24) is 0 Å². The molecule has 1 aromatic carbocycles. The van der Waals surface area contributed by atoms with E-state index < -0.39 is 17.0 Å². The van der Waals surface area contributed by atoms with E-state index in [1.54, 1.807) is 45.0 Å². The Balaban J connectivity index is 3.43. The molecule has 1 aromatic rings. The quantitative estimate of drug-likeness (QED) is 0.381. The summed E-state index contributed by atoms with van der Waals surface area (Å²) < 4.78 is 0. The maximum absolute atomic E-state index is 12.1. The van der Waals surface area contributed by atoms with Gasteiger partial charge in [0.25, 0.3) is 0 Å². The molecule has 0 heterocycles. The molecular weight excluding hydrogens is 256 g/mol. The number of hydrogen-bond acceptors (Lipinski definition) is 4. The number of aliphatic hydroxyl groups is 1. The first-order valence-electron chi connectivity index (χ1n) is 6.00. The predicted molar refractivity (Wildman–Crippen MR) is 75.8 cm³/mol. The Morgan fingerprint density at radius 3 is 2.45 bits per heavy atom. The second-order valence-electron chi connectivity index (χ2n) is 5.22. The first-order valence-corrected chi connectivity index (χ1v) is 6.00. The Morgan fingerprint density at radius 1 is 1.35 bits per heavy atom. The van der Waals surface area contributed by atoms with Crippen molar-refractivity contribution in [2.24, 2.45) is 5.41 Å². The normalized spacial score (nSPS) is 12.1. The van der Waals surface area contributed by atoms with Crippen LogP contribution in [0.1, 0.15) is 26.3 Å². The molecule has 2 N–H and O–H groups in total. The van der Waals surface area contributed by atoms with Gasteiger partial charge in [0.1, 0.15) is 17.4 Å². The fourth-order valence-electron chi connectivity index (χ4n) is 1.60. The molecule has 1 amide bonds. The zero-order valence-corrected chi connectivity index (χ0v) is 11.6. The number of benzene rings is 1. The van der Waals surface area contributed by atoms with Crippen LogP contribution in [0, 0.1) is 16.7 Å². The first kappa shape index (κ1) is 15.4. The van der Waals surface area contributed by atoms with Crippen molar-refractivity contribution in [2.45, 2.75) is 20.8 Å². The average Bonchev–Trinajstić information content (AvgIpc) is 2.39. The molecule has 0 radical (unpaired) electrons. The third kappa shape index (κ3) is 3.23. The number of carbonyl (C=O) groups excluding carboxylic acids is 2. The summed E-state index contributed by atoms with van der Waals surface area (Å²) in [4.78, 5) is 22.7. The molecule has 0 spiro atoms. The van der Waals surface area contributed by atoms with Gasteiger partial charge in [-0.05, 0) is 12.1 Å². The molecule has 0 saturated carbocycles. The van der Waals surface area contributed by atoms with Crippen LogP contribution >= 0.6 is 0 Å². The van der Waals surface area contributed by atoms with E-state index in [2.05, 4.69) is 5.32 Å². The topological polar surface area (TPSA) is 90.2 Å². The molecule has 0 bridgehead atoms. The zero-order chi connectivity index (χ0) is 15.3. The van der Waals surface area contributed by atoms with E-state index in [1.165, 1.54) is 6.07 Å². The lowest BCUT2D eigenvalue weighted by atomic mass is 9.85. The lowest BCUT2D eigenvalue weighted by Crippen LogP contribution is -2.22. The van der Waals surface area contributed by atoms with Crippen LogP contribution in [0.15, 0.2) is 29.8 Å². The van der Waals surface area contributed by atoms with Crippen LogP contribution in [0.3, 0.4) is 0 Å². The minimum Gasteiger partial charge on any atom is -0.506 e. The van der Waals surface area contributed by atoms with E-state index in [1.807, 2.05) is 0 Å². The van der Waals surface area contributed by atoms with Crippen LogP contribution in [0.4, 0.5) is 5.69 Å². The largest absolute Gasteiger partial charge is 0.506 e. The van der Waals surface area contributed by atoms with E-state index in [-0.39, 0.29) is 11.1 Å². The van der Waals surface area contributed by atoms with Crippen molar-refractivity contribution >= 4 is 23.6 Å². The number of ketones is 1. The molecule has 0 aromatic heterocycles. The number of carbonyl (C=O) groups is 2. The summed E-state index contributed by atoms with van der Waals surface area (Å²) in [6.45, 7) is 4.99. The minimum absolute atomic E-state index is 0.230. The van der Waals surface area contributed by atoms with E-state index >= 15 is 0 Å². The lowest BCUT2D eigenvalue weighted by molar-refractivity contribution is -0.122. The van der Waals surface area contributed by atoms with Crippen LogP contribution in [-0.2, 0) is 9.59 Å². The van der Waals surface area contributed by atoms with Gasteiger partial charge in [0, 0.05) is 11.0 Å². The van der Waals surface area contributed by atoms with E-state index in [0.717, 1.165) is 0 Å². The molecule has 5 nitrogen and oxygen atoms in total. The molecule has 0 saturated heterocycles.